The van der Waals surface area contributed by atoms with Crippen molar-refractivity contribution in [1.29, 1.82) is 0 Å². The molecular weight excluding hydrogens is 296 g/mol. The molecule has 8 heteroatoms. The van der Waals surface area contributed by atoms with Crippen LogP contribution in [0.25, 0.3) is 0 Å². The van der Waals surface area contributed by atoms with Crippen LogP contribution in [0.5, 0.6) is 0 Å². The molecule has 2 N–H and O–H groups in total. The van der Waals surface area contributed by atoms with Crippen LogP contribution in [0.3, 0.4) is 0 Å². The Kier molecular flexibility index (Phi) is 5.02. The summed E-state index contributed by atoms with van der Waals surface area (Å²) in [5.41, 5.74) is 0. The molecule has 1 saturated heterocycles. The van der Waals surface area contributed by atoms with Crippen molar-refractivity contribution in [3.8, 4) is 0 Å². The first-order valence-electron chi connectivity index (χ1n) is 6.92. The fourth-order valence-electron chi connectivity index (χ4n) is 2.31. The van der Waals surface area contributed by atoms with Crippen molar-refractivity contribution in [1.82, 2.24) is 10.0 Å². The Morgan fingerprint density at radius 2 is 2.14 bits per heavy atom. The Morgan fingerprint density at radius 3 is 2.71 bits per heavy atom. The van der Waals surface area contributed by atoms with Gasteiger partial charge in [-0.3, -0.25) is 0 Å². The van der Waals surface area contributed by atoms with E-state index in [2.05, 4.69) is 14.8 Å². The molecule has 1 aliphatic rings. The van der Waals surface area contributed by atoms with Crippen LogP contribution in [0, 0.1) is 0 Å². The summed E-state index contributed by atoms with van der Waals surface area (Å²) in [6.07, 6.45) is 1.85. The number of rotatable bonds is 5. The number of carbonyl (C=O) groups is 1. The molecule has 1 fully saturated rings. The van der Waals surface area contributed by atoms with E-state index in [1.807, 2.05) is 0 Å². The van der Waals surface area contributed by atoms with Crippen molar-refractivity contribution >= 4 is 16.0 Å². The first-order valence-corrected chi connectivity index (χ1v) is 8.40. The summed E-state index contributed by atoms with van der Waals surface area (Å²) in [5.74, 6) is -0.523. The maximum Gasteiger partial charge on any atom is 0.373 e. The average Bonchev–Trinajstić information content (AvgIpc) is 2.92. The first-order chi connectivity index (χ1) is 9.97. The van der Waals surface area contributed by atoms with Gasteiger partial charge in [-0.2, -0.15) is 0 Å². The van der Waals surface area contributed by atoms with Gasteiger partial charge < -0.3 is 14.5 Å². The average molecular weight is 316 g/mol. The van der Waals surface area contributed by atoms with Crippen LogP contribution in [-0.4, -0.2) is 40.6 Å². The molecule has 1 aromatic rings. The van der Waals surface area contributed by atoms with Crippen molar-refractivity contribution in [3.05, 3.63) is 17.6 Å². The topological polar surface area (TPSA) is 97.6 Å². The SMILES string of the molecule is CCc1oc(C(=O)OC)cc1S(=O)(=O)NC1CCNCC1. The van der Waals surface area contributed by atoms with E-state index in [0.717, 1.165) is 25.9 Å². The summed E-state index contributed by atoms with van der Waals surface area (Å²) in [4.78, 5) is 11.5. The summed E-state index contributed by atoms with van der Waals surface area (Å²) >= 11 is 0. The standard InChI is InChI=1S/C13H20N2O5S/c1-3-10-12(8-11(20-10)13(16)19-2)21(17,18)15-9-4-6-14-7-5-9/h8-9,14-15H,3-7H2,1-2H3. The number of hydrogen-bond donors (Lipinski definition) is 2. The first kappa shape index (κ1) is 16.0. The molecule has 0 amide bonds. The lowest BCUT2D eigenvalue weighted by atomic mass is 10.1. The van der Waals surface area contributed by atoms with Gasteiger partial charge in [-0.05, 0) is 25.9 Å². The summed E-state index contributed by atoms with van der Waals surface area (Å²) in [7, 11) is -2.48. The molecule has 7 nitrogen and oxygen atoms in total. The van der Waals surface area contributed by atoms with Gasteiger partial charge in [0.15, 0.2) is 0 Å². The third kappa shape index (κ3) is 3.63. The van der Waals surface area contributed by atoms with E-state index < -0.39 is 16.0 Å². The molecule has 0 radical (unpaired) electrons. The van der Waals surface area contributed by atoms with Gasteiger partial charge >= 0.3 is 5.97 Å². The number of piperidine rings is 1. The molecule has 0 bridgehead atoms. The number of esters is 1. The minimum atomic E-state index is -3.70. The maximum absolute atomic E-state index is 12.5. The highest BCUT2D eigenvalue weighted by atomic mass is 32.2. The summed E-state index contributed by atoms with van der Waals surface area (Å²) < 4.78 is 37.4. The van der Waals surface area contributed by atoms with Crippen molar-refractivity contribution in [2.75, 3.05) is 20.2 Å². The third-order valence-electron chi connectivity index (χ3n) is 3.43. The van der Waals surface area contributed by atoms with E-state index in [-0.39, 0.29) is 22.5 Å². The van der Waals surface area contributed by atoms with Gasteiger partial charge in [0.25, 0.3) is 0 Å². The lowest BCUT2D eigenvalue weighted by Crippen LogP contribution is -2.42. The Bertz CT molecular complexity index is 602. The van der Waals surface area contributed by atoms with E-state index in [1.165, 1.54) is 13.2 Å². The number of nitrogens with one attached hydrogen (secondary N) is 2. The lowest BCUT2D eigenvalue weighted by molar-refractivity contribution is 0.0563. The normalized spacial score (nSPS) is 16.9. The van der Waals surface area contributed by atoms with Crippen LogP contribution in [0.4, 0.5) is 0 Å². The Hall–Kier alpha value is -1.38. The monoisotopic (exact) mass is 316 g/mol. The number of sulfonamides is 1. The molecule has 0 spiro atoms. The number of furan rings is 1. The van der Waals surface area contributed by atoms with Crippen molar-refractivity contribution in [2.45, 2.75) is 37.1 Å². The van der Waals surface area contributed by atoms with Crippen molar-refractivity contribution in [3.63, 3.8) is 0 Å². The molecule has 2 heterocycles. The number of hydrogen-bond acceptors (Lipinski definition) is 6. The number of carbonyl (C=O) groups excluding carboxylic acids is 1. The van der Waals surface area contributed by atoms with Gasteiger partial charge in [-0.25, -0.2) is 17.9 Å². The minimum absolute atomic E-state index is 0.0175. The molecule has 21 heavy (non-hydrogen) atoms. The Balaban J connectivity index is 2.25. The highest BCUT2D eigenvalue weighted by Crippen LogP contribution is 2.23. The lowest BCUT2D eigenvalue weighted by Gasteiger charge is -2.23. The van der Waals surface area contributed by atoms with E-state index >= 15 is 0 Å². The van der Waals surface area contributed by atoms with Crippen LogP contribution in [0.1, 0.15) is 36.1 Å². The molecule has 1 aliphatic heterocycles. The highest BCUT2D eigenvalue weighted by Gasteiger charge is 2.28. The predicted octanol–water partition coefficient (Wildman–Crippen LogP) is 0.659. The molecule has 2 rings (SSSR count). The highest BCUT2D eigenvalue weighted by molar-refractivity contribution is 7.89. The molecule has 0 atom stereocenters. The molecular formula is C13H20N2O5S. The molecule has 118 valence electrons. The molecule has 0 aliphatic carbocycles. The van der Waals surface area contributed by atoms with Crippen LogP contribution in [-0.2, 0) is 21.2 Å². The zero-order valence-electron chi connectivity index (χ0n) is 12.1. The van der Waals surface area contributed by atoms with Gasteiger partial charge in [0.1, 0.15) is 10.7 Å². The fourth-order valence-corrected chi connectivity index (χ4v) is 3.86. The van der Waals surface area contributed by atoms with E-state index in [1.54, 1.807) is 6.92 Å². The zero-order valence-corrected chi connectivity index (χ0v) is 13.0. The second-order valence-electron chi connectivity index (χ2n) is 4.89. The van der Waals surface area contributed by atoms with Gasteiger partial charge in [0, 0.05) is 18.5 Å². The van der Waals surface area contributed by atoms with Crippen LogP contribution >= 0.6 is 0 Å². The van der Waals surface area contributed by atoms with Gasteiger partial charge in [-0.15, -0.1) is 0 Å². The molecule has 1 aromatic heterocycles. The number of methoxy groups -OCH3 is 1. The quantitative estimate of drug-likeness (QED) is 0.775. The van der Waals surface area contributed by atoms with Crippen LogP contribution < -0.4 is 10.0 Å². The summed E-state index contributed by atoms with van der Waals surface area (Å²) in [6.45, 7) is 3.34. The largest absolute Gasteiger partial charge is 0.463 e. The van der Waals surface area contributed by atoms with Crippen molar-refractivity contribution < 1.29 is 22.4 Å². The van der Waals surface area contributed by atoms with Crippen molar-refractivity contribution in [2.24, 2.45) is 0 Å². The van der Waals surface area contributed by atoms with Gasteiger partial charge in [-0.1, -0.05) is 6.92 Å². The molecule has 0 unspecified atom stereocenters. The number of ether oxygens (including phenoxy) is 1. The van der Waals surface area contributed by atoms with E-state index in [4.69, 9.17) is 4.42 Å². The summed E-state index contributed by atoms with van der Waals surface area (Å²) in [6, 6.07) is 1.13. The Morgan fingerprint density at radius 1 is 1.48 bits per heavy atom. The van der Waals surface area contributed by atoms with Crippen LogP contribution in [0.2, 0.25) is 0 Å². The second-order valence-corrected chi connectivity index (χ2v) is 6.57. The van der Waals surface area contributed by atoms with Gasteiger partial charge in [0.2, 0.25) is 15.8 Å². The zero-order chi connectivity index (χ0) is 15.5. The third-order valence-corrected chi connectivity index (χ3v) is 5.00. The van der Waals surface area contributed by atoms with E-state index in [0.29, 0.717) is 6.42 Å². The molecule has 0 aromatic carbocycles. The summed E-state index contributed by atoms with van der Waals surface area (Å²) in [5, 5.41) is 3.17. The second kappa shape index (κ2) is 6.59. The smallest absolute Gasteiger partial charge is 0.373 e. The van der Waals surface area contributed by atoms with E-state index in [9.17, 15) is 13.2 Å². The fraction of sp³-hybridized carbons (Fsp3) is 0.615. The Labute approximate surface area is 124 Å². The number of aryl methyl sites for hydroxylation is 1. The predicted molar refractivity (Wildman–Crippen MR) is 75.6 cm³/mol. The van der Waals surface area contributed by atoms with Gasteiger partial charge in [0.05, 0.1) is 7.11 Å². The minimum Gasteiger partial charge on any atom is -0.463 e. The van der Waals surface area contributed by atoms with Crippen LogP contribution in [0.15, 0.2) is 15.4 Å². The maximum atomic E-state index is 12.5. The molecule has 0 saturated carbocycles.